The van der Waals surface area contributed by atoms with Gasteiger partial charge >= 0.3 is 0 Å². The molecule has 1 aromatic heterocycles. The third-order valence-electron chi connectivity index (χ3n) is 4.32. The Bertz CT molecular complexity index is 785. The standard InChI is InChI=1S/C21H23NO2S/c1-4-8-15(5-2)18-14-25-21(22-18)16-11-12-19(23-3)20(13-16)24-17-9-6-7-10-17/h4-5,8,11-14,17H,1-2,6-7,9-10H2,3H3/b15-8+. The molecule has 4 heteroatoms. The van der Waals surface area contributed by atoms with Gasteiger partial charge in [0.1, 0.15) is 5.01 Å². The predicted molar refractivity (Wildman–Crippen MR) is 105 cm³/mol. The maximum Gasteiger partial charge on any atom is 0.162 e. The van der Waals surface area contributed by atoms with Crippen molar-refractivity contribution in [3.8, 4) is 22.1 Å². The minimum Gasteiger partial charge on any atom is -0.493 e. The van der Waals surface area contributed by atoms with E-state index in [-0.39, 0.29) is 0 Å². The SMILES string of the molecule is C=C/C=C(\C=C)c1csc(-c2ccc(OC)c(OC3CCCC3)c2)n1. The minimum atomic E-state index is 0.291. The van der Waals surface area contributed by atoms with E-state index in [1.807, 2.05) is 29.7 Å². The van der Waals surface area contributed by atoms with Gasteiger partial charge < -0.3 is 9.47 Å². The molecule has 1 fully saturated rings. The summed E-state index contributed by atoms with van der Waals surface area (Å²) in [6, 6.07) is 6.01. The first-order valence-electron chi connectivity index (χ1n) is 8.51. The van der Waals surface area contributed by atoms with Crippen molar-refractivity contribution in [1.82, 2.24) is 4.98 Å². The predicted octanol–water partition coefficient (Wildman–Crippen LogP) is 5.90. The van der Waals surface area contributed by atoms with Crippen LogP contribution in [-0.4, -0.2) is 18.2 Å². The van der Waals surface area contributed by atoms with Crippen molar-refractivity contribution in [2.45, 2.75) is 31.8 Å². The molecule has 130 valence electrons. The Morgan fingerprint density at radius 1 is 1.24 bits per heavy atom. The second kappa shape index (κ2) is 8.17. The van der Waals surface area contributed by atoms with Crippen LogP contribution in [0.3, 0.4) is 0 Å². The average molecular weight is 353 g/mol. The molecular weight excluding hydrogens is 330 g/mol. The van der Waals surface area contributed by atoms with E-state index in [0.717, 1.165) is 46.2 Å². The number of allylic oxidation sites excluding steroid dienone is 4. The zero-order chi connectivity index (χ0) is 17.6. The smallest absolute Gasteiger partial charge is 0.162 e. The van der Waals surface area contributed by atoms with Gasteiger partial charge in [0, 0.05) is 16.5 Å². The molecule has 0 atom stereocenters. The Labute approximate surface area is 153 Å². The summed E-state index contributed by atoms with van der Waals surface area (Å²) < 4.78 is 11.6. The Kier molecular flexibility index (Phi) is 5.71. The van der Waals surface area contributed by atoms with Gasteiger partial charge in [0.25, 0.3) is 0 Å². The molecule has 2 aromatic rings. The number of methoxy groups -OCH3 is 1. The number of rotatable bonds is 7. The molecule has 0 aliphatic heterocycles. The molecule has 25 heavy (non-hydrogen) atoms. The molecule has 3 rings (SSSR count). The Morgan fingerprint density at radius 2 is 2.04 bits per heavy atom. The highest BCUT2D eigenvalue weighted by Crippen LogP contribution is 2.36. The highest BCUT2D eigenvalue weighted by molar-refractivity contribution is 7.13. The van der Waals surface area contributed by atoms with E-state index in [9.17, 15) is 0 Å². The first-order valence-corrected chi connectivity index (χ1v) is 9.39. The molecule has 1 aromatic carbocycles. The molecule has 1 saturated carbocycles. The highest BCUT2D eigenvalue weighted by atomic mass is 32.1. The summed E-state index contributed by atoms with van der Waals surface area (Å²) in [4.78, 5) is 4.73. The Hall–Kier alpha value is -2.33. The van der Waals surface area contributed by atoms with E-state index in [0.29, 0.717) is 6.10 Å². The zero-order valence-corrected chi connectivity index (χ0v) is 15.3. The van der Waals surface area contributed by atoms with Crippen molar-refractivity contribution in [2.24, 2.45) is 0 Å². The molecule has 0 radical (unpaired) electrons. The molecule has 3 nitrogen and oxygen atoms in total. The number of aromatic nitrogens is 1. The third kappa shape index (κ3) is 4.02. The summed E-state index contributed by atoms with van der Waals surface area (Å²) in [7, 11) is 1.68. The summed E-state index contributed by atoms with van der Waals surface area (Å²) in [5.74, 6) is 1.57. The van der Waals surface area contributed by atoms with Crippen molar-refractivity contribution in [2.75, 3.05) is 7.11 Å². The lowest BCUT2D eigenvalue weighted by Crippen LogP contribution is -2.11. The molecule has 0 amide bonds. The maximum absolute atomic E-state index is 6.18. The lowest BCUT2D eigenvalue weighted by molar-refractivity contribution is 0.201. The maximum atomic E-state index is 6.18. The molecule has 0 N–H and O–H groups in total. The van der Waals surface area contributed by atoms with Gasteiger partial charge in [0.2, 0.25) is 0 Å². The molecule has 0 bridgehead atoms. The zero-order valence-electron chi connectivity index (χ0n) is 14.5. The summed E-state index contributed by atoms with van der Waals surface area (Å²) in [5, 5.41) is 2.99. The molecule has 0 spiro atoms. The van der Waals surface area contributed by atoms with Crippen LogP contribution in [0.25, 0.3) is 16.1 Å². The minimum absolute atomic E-state index is 0.291. The topological polar surface area (TPSA) is 31.4 Å². The van der Waals surface area contributed by atoms with Gasteiger partial charge in [0.05, 0.1) is 18.9 Å². The van der Waals surface area contributed by atoms with Gasteiger partial charge in [-0.3, -0.25) is 0 Å². The number of thiazole rings is 1. The highest BCUT2D eigenvalue weighted by Gasteiger charge is 2.19. The molecule has 1 aliphatic carbocycles. The van der Waals surface area contributed by atoms with Gasteiger partial charge in [0.15, 0.2) is 11.5 Å². The van der Waals surface area contributed by atoms with Crippen LogP contribution < -0.4 is 9.47 Å². The van der Waals surface area contributed by atoms with E-state index in [2.05, 4.69) is 13.2 Å². The monoisotopic (exact) mass is 353 g/mol. The fourth-order valence-electron chi connectivity index (χ4n) is 3.01. The van der Waals surface area contributed by atoms with Crippen LogP contribution >= 0.6 is 11.3 Å². The fourth-order valence-corrected chi connectivity index (χ4v) is 3.84. The second-order valence-electron chi connectivity index (χ2n) is 5.99. The first-order chi connectivity index (χ1) is 12.2. The van der Waals surface area contributed by atoms with Crippen LogP contribution in [0.1, 0.15) is 31.4 Å². The average Bonchev–Trinajstić information content (AvgIpc) is 3.31. The molecule has 1 heterocycles. The Balaban J connectivity index is 1.89. The molecule has 0 unspecified atom stereocenters. The fraction of sp³-hybridized carbons (Fsp3) is 0.286. The number of benzene rings is 1. The Morgan fingerprint density at radius 3 is 2.72 bits per heavy atom. The lowest BCUT2D eigenvalue weighted by Gasteiger charge is -2.16. The van der Waals surface area contributed by atoms with Crippen molar-refractivity contribution < 1.29 is 9.47 Å². The lowest BCUT2D eigenvalue weighted by atomic mass is 10.2. The van der Waals surface area contributed by atoms with Gasteiger partial charge in [-0.05, 0) is 43.9 Å². The summed E-state index contributed by atoms with van der Waals surface area (Å²) in [5.41, 5.74) is 2.91. The van der Waals surface area contributed by atoms with Crippen LogP contribution in [0.15, 0.2) is 55.0 Å². The van der Waals surface area contributed by atoms with E-state index in [1.54, 1.807) is 30.6 Å². The number of ether oxygens (including phenoxy) is 2. The van der Waals surface area contributed by atoms with E-state index in [4.69, 9.17) is 14.5 Å². The van der Waals surface area contributed by atoms with Crippen molar-refractivity contribution in [3.05, 3.63) is 60.7 Å². The van der Waals surface area contributed by atoms with Crippen molar-refractivity contribution in [1.29, 1.82) is 0 Å². The largest absolute Gasteiger partial charge is 0.493 e. The van der Waals surface area contributed by atoms with Crippen LogP contribution in [0.2, 0.25) is 0 Å². The normalized spacial score (nSPS) is 15.2. The summed E-state index contributed by atoms with van der Waals surface area (Å²) >= 11 is 1.61. The number of hydrogen-bond acceptors (Lipinski definition) is 4. The second-order valence-corrected chi connectivity index (χ2v) is 6.85. The van der Waals surface area contributed by atoms with Gasteiger partial charge in [-0.25, -0.2) is 4.98 Å². The van der Waals surface area contributed by atoms with E-state index < -0.39 is 0 Å². The van der Waals surface area contributed by atoms with Crippen molar-refractivity contribution >= 4 is 16.9 Å². The van der Waals surface area contributed by atoms with Crippen LogP contribution in [0.5, 0.6) is 11.5 Å². The molecular formula is C21H23NO2S. The third-order valence-corrected chi connectivity index (χ3v) is 5.22. The van der Waals surface area contributed by atoms with Crippen molar-refractivity contribution in [3.63, 3.8) is 0 Å². The van der Waals surface area contributed by atoms with Crippen LogP contribution in [-0.2, 0) is 0 Å². The number of nitrogens with zero attached hydrogens (tertiary/aromatic N) is 1. The molecule has 0 saturated heterocycles. The molecule has 1 aliphatic rings. The first kappa shape index (κ1) is 17.5. The van der Waals surface area contributed by atoms with Gasteiger partial charge in [-0.1, -0.05) is 31.4 Å². The van der Waals surface area contributed by atoms with E-state index in [1.165, 1.54) is 12.8 Å². The number of hydrogen-bond donors (Lipinski definition) is 0. The van der Waals surface area contributed by atoms with Crippen LogP contribution in [0, 0.1) is 0 Å². The van der Waals surface area contributed by atoms with Crippen LogP contribution in [0.4, 0.5) is 0 Å². The van der Waals surface area contributed by atoms with E-state index >= 15 is 0 Å². The summed E-state index contributed by atoms with van der Waals surface area (Å²) in [6.45, 7) is 7.58. The van der Waals surface area contributed by atoms with Gasteiger partial charge in [-0.15, -0.1) is 11.3 Å². The van der Waals surface area contributed by atoms with Gasteiger partial charge in [-0.2, -0.15) is 0 Å². The summed E-state index contributed by atoms with van der Waals surface area (Å²) in [6.07, 6.45) is 10.5. The quantitative estimate of drug-likeness (QED) is 0.581.